The van der Waals surface area contributed by atoms with Crippen LogP contribution in [0.4, 0.5) is 0 Å². The van der Waals surface area contributed by atoms with Gasteiger partial charge in [0.1, 0.15) is 11.9 Å². The van der Waals surface area contributed by atoms with E-state index in [-0.39, 0.29) is 12.0 Å². The molecule has 1 aliphatic heterocycles. The van der Waals surface area contributed by atoms with Gasteiger partial charge in [0.25, 0.3) is 5.19 Å². The SMILES string of the molecule is COc1ccc2sc(OC3CCN(C(=O)/C=C/c4cccs4)CC3)nc2c1. The lowest BCUT2D eigenvalue weighted by Crippen LogP contribution is -2.41. The fourth-order valence-corrected chi connectivity index (χ4v) is 4.52. The molecule has 0 bridgehead atoms. The van der Waals surface area contributed by atoms with E-state index in [1.807, 2.05) is 46.7 Å². The third-order valence-corrected chi connectivity index (χ3v) is 6.29. The zero-order valence-electron chi connectivity index (χ0n) is 15.0. The zero-order chi connectivity index (χ0) is 18.6. The summed E-state index contributed by atoms with van der Waals surface area (Å²) in [4.78, 5) is 19.8. The molecular weight excluding hydrogens is 380 g/mol. The fraction of sp³-hybridized carbons (Fsp3) is 0.300. The second-order valence-corrected chi connectivity index (χ2v) is 8.28. The van der Waals surface area contributed by atoms with Crippen LogP contribution in [-0.4, -0.2) is 42.1 Å². The number of amides is 1. The van der Waals surface area contributed by atoms with E-state index in [0.717, 1.165) is 33.7 Å². The van der Waals surface area contributed by atoms with Gasteiger partial charge >= 0.3 is 0 Å². The molecule has 0 saturated carbocycles. The molecule has 1 aromatic carbocycles. The second kappa shape index (κ2) is 8.10. The summed E-state index contributed by atoms with van der Waals surface area (Å²) in [6.07, 6.45) is 5.27. The minimum Gasteiger partial charge on any atom is -0.497 e. The average molecular weight is 401 g/mol. The summed E-state index contributed by atoms with van der Waals surface area (Å²) in [7, 11) is 1.65. The predicted octanol–water partition coefficient (Wildman–Crippen LogP) is 4.45. The van der Waals surface area contributed by atoms with Crippen molar-refractivity contribution in [3.8, 4) is 10.9 Å². The first-order valence-corrected chi connectivity index (χ1v) is 10.5. The number of fused-ring (bicyclic) bond motifs is 1. The number of methoxy groups -OCH3 is 1. The van der Waals surface area contributed by atoms with E-state index >= 15 is 0 Å². The lowest BCUT2D eigenvalue weighted by atomic mass is 10.1. The first-order valence-electron chi connectivity index (χ1n) is 8.83. The van der Waals surface area contributed by atoms with Crippen LogP contribution in [0.25, 0.3) is 16.3 Å². The average Bonchev–Trinajstić information content (AvgIpc) is 3.35. The molecule has 0 aliphatic carbocycles. The Bertz CT molecular complexity index is 941. The molecule has 4 rings (SSSR count). The highest BCUT2D eigenvalue weighted by Gasteiger charge is 2.23. The van der Waals surface area contributed by atoms with Gasteiger partial charge in [-0.1, -0.05) is 17.4 Å². The second-order valence-electron chi connectivity index (χ2n) is 6.30. The molecule has 0 atom stereocenters. The number of ether oxygens (including phenoxy) is 2. The van der Waals surface area contributed by atoms with Crippen molar-refractivity contribution in [3.05, 3.63) is 46.7 Å². The van der Waals surface area contributed by atoms with Crippen LogP contribution in [0.3, 0.4) is 0 Å². The van der Waals surface area contributed by atoms with Crippen molar-refractivity contribution < 1.29 is 14.3 Å². The van der Waals surface area contributed by atoms with Crippen molar-refractivity contribution in [1.29, 1.82) is 0 Å². The summed E-state index contributed by atoms with van der Waals surface area (Å²) >= 11 is 3.17. The van der Waals surface area contributed by atoms with E-state index in [2.05, 4.69) is 4.98 Å². The molecule has 1 amide bonds. The monoisotopic (exact) mass is 400 g/mol. The number of benzene rings is 1. The molecule has 7 heteroatoms. The summed E-state index contributed by atoms with van der Waals surface area (Å²) in [6.45, 7) is 1.41. The number of carbonyl (C=O) groups excluding carboxylic acids is 1. The van der Waals surface area contributed by atoms with Gasteiger partial charge in [-0.25, -0.2) is 4.98 Å². The minimum absolute atomic E-state index is 0.0638. The summed E-state index contributed by atoms with van der Waals surface area (Å²) in [5.41, 5.74) is 0.890. The van der Waals surface area contributed by atoms with Crippen molar-refractivity contribution in [2.24, 2.45) is 0 Å². The van der Waals surface area contributed by atoms with Crippen molar-refractivity contribution >= 4 is 44.9 Å². The summed E-state index contributed by atoms with van der Waals surface area (Å²) < 4.78 is 12.4. The van der Waals surface area contributed by atoms with E-state index in [0.29, 0.717) is 18.3 Å². The van der Waals surface area contributed by atoms with Gasteiger partial charge in [-0.05, 0) is 29.7 Å². The number of thiophene rings is 1. The predicted molar refractivity (Wildman–Crippen MR) is 110 cm³/mol. The van der Waals surface area contributed by atoms with Crippen LogP contribution in [-0.2, 0) is 4.79 Å². The number of carbonyl (C=O) groups is 1. The Morgan fingerprint density at radius 1 is 1.30 bits per heavy atom. The maximum absolute atomic E-state index is 12.3. The standard InChI is InChI=1S/C20H20N2O3S2/c1-24-15-4-6-18-17(13-15)21-20(27-18)25-14-8-10-22(11-9-14)19(23)7-5-16-3-2-12-26-16/h2-7,12-14H,8-11H2,1H3/b7-5+. The first kappa shape index (κ1) is 18.0. The van der Waals surface area contributed by atoms with Crippen LogP contribution in [0.15, 0.2) is 41.8 Å². The van der Waals surface area contributed by atoms with Crippen molar-refractivity contribution in [2.45, 2.75) is 18.9 Å². The molecule has 1 saturated heterocycles. The number of hydrogen-bond acceptors (Lipinski definition) is 6. The molecule has 140 valence electrons. The van der Waals surface area contributed by atoms with Gasteiger partial charge in [0.05, 0.1) is 17.3 Å². The smallest absolute Gasteiger partial charge is 0.274 e. The number of likely N-dealkylation sites (tertiary alicyclic amines) is 1. The van der Waals surface area contributed by atoms with E-state index < -0.39 is 0 Å². The lowest BCUT2D eigenvalue weighted by Gasteiger charge is -2.30. The Labute approximate surface area is 165 Å². The Balaban J connectivity index is 1.32. The summed E-state index contributed by atoms with van der Waals surface area (Å²) in [5, 5.41) is 2.69. The van der Waals surface area contributed by atoms with Crippen LogP contribution in [0.1, 0.15) is 17.7 Å². The van der Waals surface area contributed by atoms with Gasteiger partial charge < -0.3 is 14.4 Å². The number of aromatic nitrogens is 1. The number of rotatable bonds is 5. The van der Waals surface area contributed by atoms with E-state index in [1.54, 1.807) is 35.9 Å². The highest BCUT2D eigenvalue weighted by atomic mass is 32.1. The van der Waals surface area contributed by atoms with Gasteiger partial charge in [-0.3, -0.25) is 4.79 Å². The van der Waals surface area contributed by atoms with E-state index in [9.17, 15) is 4.79 Å². The van der Waals surface area contributed by atoms with Crippen molar-refractivity contribution in [1.82, 2.24) is 9.88 Å². The molecule has 27 heavy (non-hydrogen) atoms. The molecule has 0 spiro atoms. The molecule has 3 aromatic rings. The van der Waals surface area contributed by atoms with E-state index in [4.69, 9.17) is 9.47 Å². The van der Waals surface area contributed by atoms with Crippen molar-refractivity contribution in [3.63, 3.8) is 0 Å². The molecule has 2 aromatic heterocycles. The van der Waals surface area contributed by atoms with Crippen molar-refractivity contribution in [2.75, 3.05) is 20.2 Å². The van der Waals surface area contributed by atoms with Crippen LogP contribution in [0, 0.1) is 0 Å². The van der Waals surface area contributed by atoms with Gasteiger partial charge in [0.2, 0.25) is 5.91 Å². The van der Waals surface area contributed by atoms with Gasteiger partial charge in [0.15, 0.2) is 0 Å². The Kier molecular flexibility index (Phi) is 5.40. The van der Waals surface area contributed by atoms with Gasteiger partial charge in [-0.2, -0.15) is 0 Å². The zero-order valence-corrected chi connectivity index (χ0v) is 16.6. The topological polar surface area (TPSA) is 51.7 Å². The number of hydrogen-bond donors (Lipinski definition) is 0. The van der Waals surface area contributed by atoms with Gasteiger partial charge in [0, 0.05) is 43.0 Å². The molecule has 0 unspecified atom stereocenters. The molecule has 0 radical (unpaired) electrons. The minimum atomic E-state index is 0.0638. The van der Waals surface area contributed by atoms with E-state index in [1.165, 1.54) is 0 Å². The lowest BCUT2D eigenvalue weighted by molar-refractivity contribution is -0.127. The molecule has 0 N–H and O–H groups in total. The third kappa shape index (κ3) is 4.31. The Morgan fingerprint density at radius 3 is 2.89 bits per heavy atom. The van der Waals surface area contributed by atoms with Crippen LogP contribution < -0.4 is 9.47 Å². The number of thiazole rings is 1. The largest absolute Gasteiger partial charge is 0.497 e. The summed E-state index contributed by atoms with van der Waals surface area (Å²) in [5.74, 6) is 0.857. The number of nitrogens with zero attached hydrogens (tertiary/aromatic N) is 2. The maximum Gasteiger partial charge on any atom is 0.274 e. The van der Waals surface area contributed by atoms with Gasteiger partial charge in [-0.15, -0.1) is 11.3 Å². The normalized spacial score (nSPS) is 15.5. The Hall–Kier alpha value is -2.38. The highest BCUT2D eigenvalue weighted by molar-refractivity contribution is 7.20. The Morgan fingerprint density at radius 2 is 2.15 bits per heavy atom. The molecule has 5 nitrogen and oxygen atoms in total. The molecule has 1 fully saturated rings. The fourth-order valence-electron chi connectivity index (χ4n) is 3.05. The third-order valence-electron chi connectivity index (χ3n) is 4.53. The van der Waals surface area contributed by atoms with Crippen LogP contribution in [0.5, 0.6) is 10.9 Å². The summed E-state index contributed by atoms with van der Waals surface area (Å²) in [6, 6.07) is 9.83. The highest BCUT2D eigenvalue weighted by Crippen LogP contribution is 2.32. The number of piperidine rings is 1. The quantitative estimate of drug-likeness (QED) is 0.594. The first-order chi connectivity index (χ1) is 13.2. The van der Waals surface area contributed by atoms with Crippen LogP contribution in [0.2, 0.25) is 0 Å². The van der Waals surface area contributed by atoms with Crippen LogP contribution >= 0.6 is 22.7 Å². The molecule has 3 heterocycles. The molecular formula is C20H20N2O3S2. The molecule has 1 aliphatic rings. The maximum atomic E-state index is 12.3.